The average molecular weight is 280 g/mol. The zero-order valence-electron chi connectivity index (χ0n) is 12.4. The summed E-state index contributed by atoms with van der Waals surface area (Å²) in [7, 11) is 0. The standard InChI is InChI=1S/C16H22ClNO/c1-10-6-13-12(3)8-16(4,5)18(15(19)9-17)14(13)7-11(10)2/h6-7,12H,8-9H2,1-5H3. The molecule has 1 aliphatic heterocycles. The molecule has 1 aromatic carbocycles. The van der Waals surface area contributed by atoms with E-state index in [1.54, 1.807) is 0 Å². The molecule has 1 aromatic rings. The van der Waals surface area contributed by atoms with Crippen LogP contribution in [0.2, 0.25) is 0 Å². The van der Waals surface area contributed by atoms with Crippen LogP contribution in [0.5, 0.6) is 0 Å². The van der Waals surface area contributed by atoms with Gasteiger partial charge < -0.3 is 4.90 Å². The van der Waals surface area contributed by atoms with Gasteiger partial charge >= 0.3 is 0 Å². The largest absolute Gasteiger partial charge is 0.306 e. The fourth-order valence-electron chi connectivity index (χ4n) is 3.22. The molecule has 0 saturated carbocycles. The molecule has 104 valence electrons. The molecule has 0 radical (unpaired) electrons. The van der Waals surface area contributed by atoms with Crippen LogP contribution < -0.4 is 4.90 Å². The van der Waals surface area contributed by atoms with Gasteiger partial charge in [0.1, 0.15) is 5.88 Å². The van der Waals surface area contributed by atoms with E-state index in [-0.39, 0.29) is 17.3 Å². The van der Waals surface area contributed by atoms with Crippen LogP contribution in [0.15, 0.2) is 12.1 Å². The van der Waals surface area contributed by atoms with Crippen molar-refractivity contribution in [1.29, 1.82) is 0 Å². The van der Waals surface area contributed by atoms with Gasteiger partial charge in [-0.25, -0.2) is 0 Å². The van der Waals surface area contributed by atoms with Crippen molar-refractivity contribution in [3.05, 3.63) is 28.8 Å². The van der Waals surface area contributed by atoms with Gasteiger partial charge in [0.2, 0.25) is 5.91 Å². The van der Waals surface area contributed by atoms with Crippen molar-refractivity contribution in [1.82, 2.24) is 0 Å². The van der Waals surface area contributed by atoms with Gasteiger partial charge in [-0.15, -0.1) is 11.6 Å². The number of halogens is 1. The van der Waals surface area contributed by atoms with E-state index >= 15 is 0 Å². The number of nitrogens with zero attached hydrogens (tertiary/aromatic N) is 1. The highest BCUT2D eigenvalue weighted by Gasteiger charge is 2.39. The zero-order chi connectivity index (χ0) is 14.4. The van der Waals surface area contributed by atoms with Gasteiger partial charge in [-0.1, -0.05) is 13.0 Å². The Kier molecular flexibility index (Phi) is 3.65. The number of rotatable bonds is 1. The number of carbonyl (C=O) groups excluding carboxylic acids is 1. The Hall–Kier alpha value is -1.02. The Balaban J connectivity index is 2.64. The van der Waals surface area contributed by atoms with E-state index in [0.29, 0.717) is 5.92 Å². The lowest BCUT2D eigenvalue weighted by molar-refractivity contribution is -0.117. The Morgan fingerprint density at radius 3 is 2.53 bits per heavy atom. The van der Waals surface area contributed by atoms with Crippen molar-refractivity contribution in [3.8, 4) is 0 Å². The number of carbonyl (C=O) groups is 1. The molecule has 0 fully saturated rings. The SMILES string of the molecule is Cc1cc2c(cc1C)N(C(=O)CCl)C(C)(C)CC2C. The van der Waals surface area contributed by atoms with Crippen molar-refractivity contribution in [2.45, 2.75) is 52.5 Å². The summed E-state index contributed by atoms with van der Waals surface area (Å²) >= 11 is 5.80. The molecule has 0 aromatic heterocycles. The van der Waals surface area contributed by atoms with Crippen molar-refractivity contribution in [2.24, 2.45) is 0 Å². The molecule has 0 N–H and O–H groups in total. The first-order valence-electron chi connectivity index (χ1n) is 6.78. The molecule has 1 aliphatic rings. The molecule has 0 spiro atoms. The highest BCUT2D eigenvalue weighted by Crippen LogP contribution is 2.44. The molecular weight excluding hydrogens is 258 g/mol. The minimum atomic E-state index is -0.180. The predicted molar refractivity (Wildman–Crippen MR) is 81.2 cm³/mol. The van der Waals surface area contributed by atoms with E-state index in [2.05, 4.69) is 46.8 Å². The van der Waals surface area contributed by atoms with Gasteiger partial charge in [-0.05, 0) is 62.8 Å². The number of hydrogen-bond donors (Lipinski definition) is 0. The van der Waals surface area contributed by atoms with Crippen LogP contribution in [0.25, 0.3) is 0 Å². The second kappa shape index (κ2) is 4.82. The molecule has 0 aliphatic carbocycles. The number of aryl methyl sites for hydroxylation is 2. The summed E-state index contributed by atoms with van der Waals surface area (Å²) in [5.41, 5.74) is 4.62. The molecule has 2 rings (SSSR count). The third kappa shape index (κ3) is 2.38. The fraction of sp³-hybridized carbons (Fsp3) is 0.562. The first kappa shape index (κ1) is 14.4. The molecule has 1 unspecified atom stereocenters. The second-order valence-electron chi connectivity index (χ2n) is 6.28. The number of alkyl halides is 1. The molecule has 2 nitrogen and oxygen atoms in total. The van der Waals surface area contributed by atoms with Crippen LogP contribution in [0.1, 0.15) is 49.8 Å². The van der Waals surface area contributed by atoms with Crippen molar-refractivity contribution < 1.29 is 4.79 Å². The van der Waals surface area contributed by atoms with Crippen molar-refractivity contribution >= 4 is 23.2 Å². The number of anilines is 1. The highest BCUT2D eigenvalue weighted by atomic mass is 35.5. The molecule has 0 saturated heterocycles. The summed E-state index contributed by atoms with van der Waals surface area (Å²) in [6.07, 6.45) is 0.963. The minimum Gasteiger partial charge on any atom is -0.306 e. The first-order chi connectivity index (χ1) is 8.77. The minimum absolute atomic E-state index is 0.0110. The fourth-order valence-corrected chi connectivity index (χ4v) is 3.34. The van der Waals surface area contributed by atoms with Crippen molar-refractivity contribution in [3.63, 3.8) is 0 Å². The zero-order valence-corrected chi connectivity index (χ0v) is 13.1. The number of fused-ring (bicyclic) bond motifs is 1. The molecule has 1 atom stereocenters. The maximum absolute atomic E-state index is 12.2. The normalized spacial score (nSPS) is 21.2. The third-order valence-corrected chi connectivity index (χ3v) is 4.42. The number of amides is 1. The summed E-state index contributed by atoms with van der Waals surface area (Å²) < 4.78 is 0. The first-order valence-corrected chi connectivity index (χ1v) is 7.31. The summed E-state index contributed by atoms with van der Waals surface area (Å²) in [6.45, 7) is 10.7. The van der Waals surface area contributed by atoms with Crippen LogP contribution in [0.3, 0.4) is 0 Å². The summed E-state index contributed by atoms with van der Waals surface area (Å²) in [5.74, 6) is 0.483. The van der Waals surface area contributed by atoms with E-state index in [4.69, 9.17) is 11.6 Å². The second-order valence-corrected chi connectivity index (χ2v) is 6.54. The Bertz CT molecular complexity index is 522. The van der Waals surface area contributed by atoms with E-state index < -0.39 is 0 Å². The highest BCUT2D eigenvalue weighted by molar-refractivity contribution is 6.29. The van der Waals surface area contributed by atoms with Gasteiger partial charge in [-0.3, -0.25) is 4.79 Å². The predicted octanol–water partition coefficient (Wildman–Crippen LogP) is 4.16. The summed E-state index contributed by atoms with van der Waals surface area (Å²) in [5, 5.41) is 0. The van der Waals surface area contributed by atoms with Gasteiger partial charge in [-0.2, -0.15) is 0 Å². The van der Waals surface area contributed by atoms with E-state index in [9.17, 15) is 4.79 Å². The molecule has 3 heteroatoms. The quantitative estimate of drug-likeness (QED) is 0.707. The topological polar surface area (TPSA) is 20.3 Å². The molecule has 1 heterocycles. The van der Waals surface area contributed by atoms with E-state index in [1.165, 1.54) is 16.7 Å². The molecule has 1 amide bonds. The Morgan fingerprint density at radius 2 is 1.95 bits per heavy atom. The molecule has 19 heavy (non-hydrogen) atoms. The van der Waals surface area contributed by atoms with Crippen molar-refractivity contribution in [2.75, 3.05) is 10.8 Å². The maximum Gasteiger partial charge on any atom is 0.242 e. The lowest BCUT2D eigenvalue weighted by Crippen LogP contribution is -2.52. The van der Waals surface area contributed by atoms with E-state index in [0.717, 1.165) is 12.1 Å². The molecular formula is C16H22ClNO. The van der Waals surface area contributed by atoms with Gasteiger partial charge in [0, 0.05) is 11.2 Å². The average Bonchev–Trinajstić information content (AvgIpc) is 2.30. The maximum atomic E-state index is 12.2. The van der Waals surface area contributed by atoms with Gasteiger partial charge in [0.15, 0.2) is 0 Å². The number of benzene rings is 1. The number of hydrogen-bond acceptors (Lipinski definition) is 1. The van der Waals surface area contributed by atoms with Gasteiger partial charge in [0.25, 0.3) is 0 Å². The van der Waals surface area contributed by atoms with Crippen LogP contribution in [-0.4, -0.2) is 17.3 Å². The lowest BCUT2D eigenvalue weighted by atomic mass is 9.79. The third-order valence-electron chi connectivity index (χ3n) is 4.19. The lowest BCUT2D eigenvalue weighted by Gasteiger charge is -2.46. The Labute approximate surface area is 120 Å². The van der Waals surface area contributed by atoms with E-state index in [1.807, 2.05) is 4.90 Å². The van der Waals surface area contributed by atoms with Crippen LogP contribution in [0.4, 0.5) is 5.69 Å². The monoisotopic (exact) mass is 279 g/mol. The van der Waals surface area contributed by atoms with Crippen LogP contribution in [-0.2, 0) is 4.79 Å². The summed E-state index contributed by atoms with van der Waals surface area (Å²) in [4.78, 5) is 14.1. The Morgan fingerprint density at radius 1 is 1.37 bits per heavy atom. The van der Waals surface area contributed by atoms with Gasteiger partial charge in [0.05, 0.1) is 0 Å². The van der Waals surface area contributed by atoms with Crippen LogP contribution in [0, 0.1) is 13.8 Å². The summed E-state index contributed by atoms with van der Waals surface area (Å²) in [6, 6.07) is 4.35. The smallest absolute Gasteiger partial charge is 0.242 e. The van der Waals surface area contributed by atoms with Crippen LogP contribution >= 0.6 is 11.6 Å². The molecule has 0 bridgehead atoms.